The van der Waals surface area contributed by atoms with E-state index in [1.54, 1.807) is 0 Å². The van der Waals surface area contributed by atoms with Crippen LogP contribution in [0.15, 0.2) is 0 Å². The van der Waals surface area contributed by atoms with Gasteiger partial charge in [-0.15, -0.1) is 0 Å². The second-order valence-electron chi connectivity index (χ2n) is 7.03. The summed E-state index contributed by atoms with van der Waals surface area (Å²) in [6.07, 6.45) is 16.3. The largest absolute Gasteiger partial charge is 0.345 e. The van der Waals surface area contributed by atoms with Gasteiger partial charge in [0, 0.05) is 12.1 Å². The molecule has 0 unspecified atom stereocenters. The molecule has 2 aliphatic carbocycles. The van der Waals surface area contributed by atoms with Crippen molar-refractivity contribution in [2.45, 2.75) is 102 Å². The molecule has 2 saturated carbocycles. The van der Waals surface area contributed by atoms with E-state index in [1.165, 1.54) is 38.5 Å². The highest BCUT2D eigenvalue weighted by Crippen LogP contribution is 2.18. The number of carbonyl (C=O) groups excluding carboxylic acids is 2. The molecule has 22 heavy (non-hydrogen) atoms. The van der Waals surface area contributed by atoms with Crippen molar-refractivity contribution in [2.75, 3.05) is 0 Å². The molecule has 126 valence electrons. The monoisotopic (exact) mass is 308 g/mol. The summed E-state index contributed by atoms with van der Waals surface area (Å²) >= 11 is 0. The number of hydrogen-bond acceptors (Lipinski definition) is 2. The van der Waals surface area contributed by atoms with Gasteiger partial charge >= 0.3 is 11.8 Å². The predicted octanol–water partition coefficient (Wildman–Crippen LogP) is 3.44. The molecule has 0 bridgehead atoms. The molecule has 0 aliphatic heterocycles. The van der Waals surface area contributed by atoms with Gasteiger partial charge in [0.25, 0.3) is 0 Å². The van der Waals surface area contributed by atoms with Crippen molar-refractivity contribution in [1.29, 1.82) is 0 Å². The fourth-order valence-corrected chi connectivity index (χ4v) is 3.70. The molecule has 0 radical (unpaired) electrons. The molecular formula is C18H32N2O2. The van der Waals surface area contributed by atoms with Crippen LogP contribution in [0.3, 0.4) is 0 Å². The van der Waals surface area contributed by atoms with E-state index in [0.717, 1.165) is 51.4 Å². The molecule has 4 nitrogen and oxygen atoms in total. The minimum absolute atomic E-state index is 0.191. The summed E-state index contributed by atoms with van der Waals surface area (Å²) in [4.78, 5) is 24.2. The number of amides is 2. The summed E-state index contributed by atoms with van der Waals surface area (Å²) in [6.45, 7) is 0. The van der Waals surface area contributed by atoms with Crippen LogP contribution < -0.4 is 10.6 Å². The number of hydrogen-bond donors (Lipinski definition) is 2. The van der Waals surface area contributed by atoms with Gasteiger partial charge in [0.1, 0.15) is 0 Å². The maximum atomic E-state index is 12.1. The Kier molecular flexibility index (Phi) is 7.75. The molecule has 2 rings (SSSR count). The molecule has 2 aliphatic rings. The van der Waals surface area contributed by atoms with Crippen LogP contribution in [0.1, 0.15) is 89.9 Å². The van der Waals surface area contributed by atoms with E-state index in [4.69, 9.17) is 0 Å². The third-order valence-corrected chi connectivity index (χ3v) is 5.09. The fourth-order valence-electron chi connectivity index (χ4n) is 3.70. The van der Waals surface area contributed by atoms with E-state index >= 15 is 0 Å². The molecule has 0 saturated heterocycles. The molecule has 2 N–H and O–H groups in total. The fraction of sp³-hybridized carbons (Fsp3) is 0.889. The average molecular weight is 308 g/mol. The Morgan fingerprint density at radius 1 is 0.500 bits per heavy atom. The highest BCUT2D eigenvalue weighted by atomic mass is 16.2. The SMILES string of the molecule is O=C(NC1CCCCCCC1)C(=O)NC1CCCCCCC1. The van der Waals surface area contributed by atoms with Crippen molar-refractivity contribution in [2.24, 2.45) is 0 Å². The Labute approximate surface area is 134 Å². The first-order valence-electron chi connectivity index (χ1n) is 9.37. The zero-order chi connectivity index (χ0) is 15.6. The van der Waals surface area contributed by atoms with Crippen LogP contribution in [0.5, 0.6) is 0 Å². The van der Waals surface area contributed by atoms with Gasteiger partial charge in [-0.3, -0.25) is 9.59 Å². The van der Waals surface area contributed by atoms with Gasteiger partial charge in [0.05, 0.1) is 0 Å². The maximum Gasteiger partial charge on any atom is 0.309 e. The van der Waals surface area contributed by atoms with Crippen LogP contribution >= 0.6 is 0 Å². The molecule has 2 fully saturated rings. The molecule has 0 spiro atoms. The third kappa shape index (κ3) is 6.37. The molecular weight excluding hydrogens is 276 g/mol. The standard InChI is InChI=1S/C18H32N2O2/c21-17(19-15-11-7-3-1-4-8-12-15)18(22)20-16-13-9-5-2-6-10-14-16/h15-16H,1-14H2,(H,19,21)(H,20,22). The molecule has 0 aromatic carbocycles. The van der Waals surface area contributed by atoms with Crippen molar-refractivity contribution in [3.05, 3.63) is 0 Å². The summed E-state index contributed by atoms with van der Waals surface area (Å²) < 4.78 is 0. The zero-order valence-corrected chi connectivity index (χ0v) is 13.9. The first-order chi connectivity index (χ1) is 10.8. The van der Waals surface area contributed by atoms with E-state index < -0.39 is 11.8 Å². The van der Waals surface area contributed by atoms with Crippen LogP contribution in [-0.4, -0.2) is 23.9 Å². The first kappa shape index (κ1) is 17.3. The summed E-state index contributed by atoms with van der Waals surface area (Å²) in [5, 5.41) is 5.91. The highest BCUT2D eigenvalue weighted by molar-refractivity contribution is 6.35. The smallest absolute Gasteiger partial charge is 0.309 e. The van der Waals surface area contributed by atoms with E-state index in [2.05, 4.69) is 10.6 Å². The van der Waals surface area contributed by atoms with E-state index in [1.807, 2.05) is 0 Å². The van der Waals surface area contributed by atoms with Gasteiger partial charge in [-0.2, -0.15) is 0 Å². The van der Waals surface area contributed by atoms with Crippen LogP contribution in [-0.2, 0) is 9.59 Å². The molecule has 2 amide bonds. The lowest BCUT2D eigenvalue weighted by molar-refractivity contribution is -0.140. The van der Waals surface area contributed by atoms with Crippen LogP contribution in [0.4, 0.5) is 0 Å². The summed E-state index contributed by atoms with van der Waals surface area (Å²) in [5.41, 5.74) is 0. The Hall–Kier alpha value is -1.06. The molecule has 0 aromatic rings. The van der Waals surface area contributed by atoms with Crippen molar-refractivity contribution in [3.8, 4) is 0 Å². The van der Waals surface area contributed by atoms with Crippen molar-refractivity contribution in [3.63, 3.8) is 0 Å². The van der Waals surface area contributed by atoms with Crippen molar-refractivity contribution in [1.82, 2.24) is 10.6 Å². The maximum absolute atomic E-state index is 12.1. The number of rotatable bonds is 2. The van der Waals surface area contributed by atoms with Crippen LogP contribution in [0.2, 0.25) is 0 Å². The molecule has 4 heteroatoms. The second kappa shape index (κ2) is 9.86. The van der Waals surface area contributed by atoms with Crippen LogP contribution in [0.25, 0.3) is 0 Å². The molecule has 0 aromatic heterocycles. The van der Waals surface area contributed by atoms with Gasteiger partial charge in [0.15, 0.2) is 0 Å². The average Bonchev–Trinajstić information content (AvgIpc) is 2.44. The van der Waals surface area contributed by atoms with Gasteiger partial charge in [-0.05, 0) is 25.7 Å². The second-order valence-corrected chi connectivity index (χ2v) is 7.03. The van der Waals surface area contributed by atoms with Gasteiger partial charge in [-0.25, -0.2) is 0 Å². The Morgan fingerprint density at radius 2 is 0.773 bits per heavy atom. The van der Waals surface area contributed by atoms with Crippen molar-refractivity contribution >= 4 is 11.8 Å². The lowest BCUT2D eigenvalue weighted by Crippen LogP contribution is -2.47. The lowest BCUT2D eigenvalue weighted by atomic mass is 9.96. The molecule has 0 atom stereocenters. The summed E-state index contributed by atoms with van der Waals surface area (Å²) in [5.74, 6) is -0.847. The van der Waals surface area contributed by atoms with Gasteiger partial charge in [0.2, 0.25) is 0 Å². The normalized spacial score (nSPS) is 22.7. The molecule has 0 heterocycles. The lowest BCUT2D eigenvalue weighted by Gasteiger charge is -2.23. The van der Waals surface area contributed by atoms with Gasteiger partial charge in [-0.1, -0.05) is 64.2 Å². The number of carbonyl (C=O) groups is 2. The van der Waals surface area contributed by atoms with E-state index in [0.29, 0.717) is 0 Å². The Bertz CT molecular complexity index is 307. The Balaban J connectivity index is 1.74. The van der Waals surface area contributed by atoms with E-state index in [-0.39, 0.29) is 12.1 Å². The quantitative estimate of drug-likeness (QED) is 0.768. The Morgan fingerprint density at radius 3 is 1.09 bits per heavy atom. The van der Waals surface area contributed by atoms with Crippen LogP contribution in [0, 0.1) is 0 Å². The summed E-state index contributed by atoms with van der Waals surface area (Å²) in [6, 6.07) is 0.381. The van der Waals surface area contributed by atoms with Gasteiger partial charge < -0.3 is 10.6 Å². The van der Waals surface area contributed by atoms with Crippen molar-refractivity contribution < 1.29 is 9.59 Å². The minimum Gasteiger partial charge on any atom is -0.345 e. The highest BCUT2D eigenvalue weighted by Gasteiger charge is 2.22. The topological polar surface area (TPSA) is 58.2 Å². The number of nitrogens with one attached hydrogen (secondary N) is 2. The first-order valence-corrected chi connectivity index (χ1v) is 9.37. The van der Waals surface area contributed by atoms with E-state index in [9.17, 15) is 9.59 Å². The minimum atomic E-state index is -0.423. The zero-order valence-electron chi connectivity index (χ0n) is 13.9. The third-order valence-electron chi connectivity index (χ3n) is 5.09. The predicted molar refractivity (Wildman–Crippen MR) is 88.5 cm³/mol. The summed E-state index contributed by atoms with van der Waals surface area (Å²) in [7, 11) is 0.